The van der Waals surface area contributed by atoms with Crippen molar-refractivity contribution < 1.29 is 4.92 Å². The first-order valence-corrected chi connectivity index (χ1v) is 5.42. The van der Waals surface area contributed by atoms with E-state index in [1.807, 2.05) is 13.0 Å². The molecule has 6 nitrogen and oxygen atoms in total. The van der Waals surface area contributed by atoms with Crippen LogP contribution in [0, 0.1) is 17.0 Å². The quantitative estimate of drug-likeness (QED) is 0.659. The highest BCUT2D eigenvalue weighted by Crippen LogP contribution is 2.13. The highest BCUT2D eigenvalue weighted by molar-refractivity contribution is 5.36. The number of nitrogens with one attached hydrogen (secondary N) is 1. The number of nitro groups is 1. The zero-order valence-corrected chi connectivity index (χ0v) is 9.83. The Labute approximate surface area is 104 Å². The number of rotatable bonds is 4. The van der Waals surface area contributed by atoms with E-state index < -0.39 is 4.92 Å². The maximum absolute atomic E-state index is 10.6. The summed E-state index contributed by atoms with van der Waals surface area (Å²) >= 11 is 0. The van der Waals surface area contributed by atoms with Crippen molar-refractivity contribution in [1.82, 2.24) is 9.97 Å². The summed E-state index contributed by atoms with van der Waals surface area (Å²) in [6.45, 7) is 2.32. The SMILES string of the molecule is Cc1ccnc(NCc2cccc([N+](=O)[O-])c2)n1. The predicted molar refractivity (Wildman–Crippen MR) is 67.2 cm³/mol. The van der Waals surface area contributed by atoms with Crippen LogP contribution in [0.3, 0.4) is 0 Å². The van der Waals surface area contributed by atoms with E-state index in [9.17, 15) is 10.1 Å². The monoisotopic (exact) mass is 244 g/mol. The zero-order chi connectivity index (χ0) is 13.0. The van der Waals surface area contributed by atoms with Crippen molar-refractivity contribution in [2.45, 2.75) is 13.5 Å². The van der Waals surface area contributed by atoms with Crippen LogP contribution in [0.15, 0.2) is 36.5 Å². The summed E-state index contributed by atoms with van der Waals surface area (Å²) < 4.78 is 0. The largest absolute Gasteiger partial charge is 0.350 e. The van der Waals surface area contributed by atoms with Gasteiger partial charge in [0.15, 0.2) is 0 Å². The van der Waals surface area contributed by atoms with Crippen LogP contribution in [0.4, 0.5) is 11.6 Å². The van der Waals surface area contributed by atoms with Crippen LogP contribution in [0.5, 0.6) is 0 Å². The highest BCUT2D eigenvalue weighted by Gasteiger charge is 2.05. The summed E-state index contributed by atoms with van der Waals surface area (Å²) in [5.74, 6) is 0.515. The molecule has 92 valence electrons. The Kier molecular flexibility index (Phi) is 3.47. The number of nitro benzene ring substituents is 1. The van der Waals surface area contributed by atoms with E-state index in [0.29, 0.717) is 12.5 Å². The molecule has 0 bridgehead atoms. The third-order valence-corrected chi connectivity index (χ3v) is 2.37. The molecular formula is C12H12N4O2. The molecule has 2 rings (SSSR count). The van der Waals surface area contributed by atoms with E-state index >= 15 is 0 Å². The minimum atomic E-state index is -0.410. The van der Waals surface area contributed by atoms with Crippen molar-refractivity contribution in [2.24, 2.45) is 0 Å². The lowest BCUT2D eigenvalue weighted by molar-refractivity contribution is -0.384. The van der Waals surface area contributed by atoms with Gasteiger partial charge in [-0.05, 0) is 18.6 Å². The number of aromatic nitrogens is 2. The highest BCUT2D eigenvalue weighted by atomic mass is 16.6. The second-order valence-electron chi connectivity index (χ2n) is 3.80. The molecule has 18 heavy (non-hydrogen) atoms. The number of benzene rings is 1. The molecular weight excluding hydrogens is 232 g/mol. The normalized spacial score (nSPS) is 10.1. The van der Waals surface area contributed by atoms with Gasteiger partial charge in [-0.25, -0.2) is 9.97 Å². The first kappa shape index (κ1) is 12.0. The molecule has 0 radical (unpaired) electrons. The lowest BCUT2D eigenvalue weighted by Gasteiger charge is -2.05. The fourth-order valence-corrected chi connectivity index (χ4v) is 1.50. The zero-order valence-electron chi connectivity index (χ0n) is 9.83. The lowest BCUT2D eigenvalue weighted by Crippen LogP contribution is -2.04. The third kappa shape index (κ3) is 3.00. The van der Waals surface area contributed by atoms with E-state index in [1.165, 1.54) is 12.1 Å². The lowest BCUT2D eigenvalue weighted by atomic mass is 10.2. The topological polar surface area (TPSA) is 81.0 Å². The Balaban J connectivity index is 2.06. The summed E-state index contributed by atoms with van der Waals surface area (Å²) in [7, 11) is 0. The van der Waals surface area contributed by atoms with Gasteiger partial charge in [0, 0.05) is 30.6 Å². The fourth-order valence-electron chi connectivity index (χ4n) is 1.50. The summed E-state index contributed by atoms with van der Waals surface area (Å²) in [5.41, 5.74) is 1.76. The second kappa shape index (κ2) is 5.22. The number of non-ortho nitro benzene ring substituents is 1. The Bertz CT molecular complexity index is 572. The molecule has 1 aromatic heterocycles. The minimum absolute atomic E-state index is 0.0828. The molecule has 1 aromatic carbocycles. The Hall–Kier alpha value is -2.50. The molecule has 0 saturated carbocycles. The number of anilines is 1. The van der Waals surface area contributed by atoms with E-state index in [4.69, 9.17) is 0 Å². The van der Waals surface area contributed by atoms with Crippen molar-refractivity contribution in [2.75, 3.05) is 5.32 Å². The van der Waals surface area contributed by atoms with Gasteiger partial charge in [-0.3, -0.25) is 10.1 Å². The van der Waals surface area contributed by atoms with E-state index in [1.54, 1.807) is 18.3 Å². The van der Waals surface area contributed by atoms with Crippen LogP contribution >= 0.6 is 0 Å². The molecule has 0 aliphatic carbocycles. The molecule has 6 heteroatoms. The molecule has 2 aromatic rings. The third-order valence-electron chi connectivity index (χ3n) is 2.37. The summed E-state index contributed by atoms with van der Waals surface area (Å²) in [6, 6.07) is 8.27. The molecule has 1 heterocycles. The van der Waals surface area contributed by atoms with Crippen LogP contribution in [0.25, 0.3) is 0 Å². The first-order valence-electron chi connectivity index (χ1n) is 5.42. The Morgan fingerprint density at radius 3 is 2.94 bits per heavy atom. The second-order valence-corrected chi connectivity index (χ2v) is 3.80. The van der Waals surface area contributed by atoms with Crippen molar-refractivity contribution in [3.05, 3.63) is 57.9 Å². The van der Waals surface area contributed by atoms with Crippen molar-refractivity contribution >= 4 is 11.6 Å². The number of hydrogen-bond acceptors (Lipinski definition) is 5. The summed E-state index contributed by atoms with van der Waals surface area (Å²) in [5, 5.41) is 13.7. The molecule has 0 aliphatic rings. The van der Waals surface area contributed by atoms with Gasteiger partial charge in [0.25, 0.3) is 5.69 Å². The molecule has 0 fully saturated rings. The van der Waals surface area contributed by atoms with Crippen LogP contribution in [-0.2, 0) is 6.54 Å². The molecule has 0 saturated heterocycles. The molecule has 0 atom stereocenters. The van der Waals surface area contributed by atoms with Crippen molar-refractivity contribution in [3.63, 3.8) is 0 Å². The van der Waals surface area contributed by atoms with Crippen LogP contribution in [0.2, 0.25) is 0 Å². The van der Waals surface area contributed by atoms with Gasteiger partial charge in [0.05, 0.1) is 4.92 Å². The average Bonchev–Trinajstić information content (AvgIpc) is 2.37. The van der Waals surface area contributed by atoms with E-state index in [2.05, 4.69) is 15.3 Å². The fraction of sp³-hybridized carbons (Fsp3) is 0.167. The van der Waals surface area contributed by atoms with Gasteiger partial charge < -0.3 is 5.32 Å². The maximum atomic E-state index is 10.6. The number of nitrogens with zero attached hydrogens (tertiary/aromatic N) is 3. The number of aryl methyl sites for hydroxylation is 1. The van der Waals surface area contributed by atoms with Crippen LogP contribution in [0.1, 0.15) is 11.3 Å². The average molecular weight is 244 g/mol. The molecule has 0 unspecified atom stereocenters. The van der Waals surface area contributed by atoms with Gasteiger partial charge >= 0.3 is 0 Å². The first-order chi connectivity index (χ1) is 8.65. The predicted octanol–water partition coefficient (Wildman–Crippen LogP) is 2.31. The molecule has 0 amide bonds. The molecule has 1 N–H and O–H groups in total. The molecule has 0 aliphatic heterocycles. The Morgan fingerprint density at radius 1 is 1.39 bits per heavy atom. The van der Waals surface area contributed by atoms with Crippen molar-refractivity contribution in [3.8, 4) is 0 Å². The molecule has 0 spiro atoms. The van der Waals surface area contributed by atoms with E-state index in [-0.39, 0.29) is 5.69 Å². The maximum Gasteiger partial charge on any atom is 0.269 e. The number of hydrogen-bond donors (Lipinski definition) is 1. The standard InChI is InChI=1S/C12H12N4O2/c1-9-5-6-13-12(15-9)14-8-10-3-2-4-11(7-10)16(17)18/h2-7H,8H2,1H3,(H,13,14,15). The van der Waals surface area contributed by atoms with Crippen molar-refractivity contribution in [1.29, 1.82) is 0 Å². The summed E-state index contributed by atoms with van der Waals surface area (Å²) in [4.78, 5) is 18.5. The van der Waals surface area contributed by atoms with E-state index in [0.717, 1.165) is 11.3 Å². The van der Waals surface area contributed by atoms with Gasteiger partial charge in [-0.2, -0.15) is 0 Å². The summed E-state index contributed by atoms with van der Waals surface area (Å²) in [6.07, 6.45) is 1.66. The van der Waals surface area contributed by atoms with Gasteiger partial charge in [-0.1, -0.05) is 12.1 Å². The smallest absolute Gasteiger partial charge is 0.269 e. The van der Waals surface area contributed by atoms with Crippen LogP contribution < -0.4 is 5.32 Å². The van der Waals surface area contributed by atoms with Crippen LogP contribution in [-0.4, -0.2) is 14.9 Å². The van der Waals surface area contributed by atoms with Gasteiger partial charge in [-0.15, -0.1) is 0 Å². The minimum Gasteiger partial charge on any atom is -0.350 e. The van der Waals surface area contributed by atoms with Gasteiger partial charge in [0.2, 0.25) is 5.95 Å². The Morgan fingerprint density at radius 2 is 2.22 bits per heavy atom. The van der Waals surface area contributed by atoms with Gasteiger partial charge in [0.1, 0.15) is 0 Å².